The van der Waals surface area contributed by atoms with Crippen LogP contribution in [0.5, 0.6) is 0 Å². The fourth-order valence-electron chi connectivity index (χ4n) is 3.96. The van der Waals surface area contributed by atoms with Crippen molar-refractivity contribution < 1.29 is 4.79 Å². The molecular formula is C16H33ClN2O. The van der Waals surface area contributed by atoms with Gasteiger partial charge in [0, 0.05) is 25.0 Å². The van der Waals surface area contributed by atoms with E-state index in [2.05, 4.69) is 12.4 Å². The summed E-state index contributed by atoms with van der Waals surface area (Å²) >= 11 is 0. The predicted molar refractivity (Wildman–Crippen MR) is 88.4 cm³/mol. The molecule has 0 spiro atoms. The minimum atomic E-state index is 0. The first-order valence-electron chi connectivity index (χ1n) is 6.92. The van der Waals surface area contributed by atoms with Gasteiger partial charge in [0.05, 0.1) is 0 Å². The summed E-state index contributed by atoms with van der Waals surface area (Å²) in [6.45, 7) is 1.65. The van der Waals surface area contributed by atoms with Gasteiger partial charge in [0.25, 0.3) is 0 Å². The SMILES string of the molecule is C.C.CC(=O)N(C)C12CC(C1)C2.CNC12CC(C1)C2.Cl. The van der Waals surface area contributed by atoms with E-state index in [1.54, 1.807) is 6.92 Å². The maximum atomic E-state index is 10.9. The molecule has 4 heteroatoms. The van der Waals surface area contributed by atoms with Crippen molar-refractivity contribution in [2.75, 3.05) is 14.1 Å². The third-order valence-corrected chi connectivity index (χ3v) is 5.76. The van der Waals surface area contributed by atoms with Gasteiger partial charge in [-0.2, -0.15) is 0 Å². The largest absolute Gasteiger partial charge is 0.340 e. The number of halogens is 1. The summed E-state index contributed by atoms with van der Waals surface area (Å²) in [5, 5.41) is 3.34. The molecule has 0 aliphatic heterocycles. The molecule has 0 saturated heterocycles. The molecule has 0 radical (unpaired) electrons. The molecule has 6 aliphatic carbocycles. The molecule has 0 heterocycles. The summed E-state index contributed by atoms with van der Waals surface area (Å²) in [4.78, 5) is 12.9. The highest BCUT2D eigenvalue weighted by atomic mass is 35.5. The highest BCUT2D eigenvalue weighted by molar-refractivity contribution is 5.85. The van der Waals surface area contributed by atoms with E-state index in [4.69, 9.17) is 0 Å². The lowest BCUT2D eigenvalue weighted by atomic mass is 9.49. The number of carbonyl (C=O) groups is 1. The summed E-state index contributed by atoms with van der Waals surface area (Å²) in [6.07, 6.45) is 8.19. The Balaban J connectivity index is 0.000000326. The van der Waals surface area contributed by atoms with Gasteiger partial charge in [-0.1, -0.05) is 14.9 Å². The number of rotatable bonds is 2. The number of nitrogens with one attached hydrogen (secondary N) is 1. The summed E-state index contributed by atoms with van der Waals surface area (Å²) in [5.41, 5.74) is 0.987. The monoisotopic (exact) mass is 304 g/mol. The molecule has 6 aliphatic rings. The van der Waals surface area contributed by atoms with Crippen molar-refractivity contribution in [2.24, 2.45) is 11.8 Å². The van der Waals surface area contributed by atoms with Crippen LogP contribution >= 0.6 is 12.4 Å². The maximum Gasteiger partial charge on any atom is 0.219 e. The number of hydrogen-bond acceptors (Lipinski definition) is 2. The molecule has 3 nitrogen and oxygen atoms in total. The topological polar surface area (TPSA) is 32.3 Å². The zero-order valence-electron chi connectivity index (χ0n) is 11.7. The molecule has 0 aromatic heterocycles. The van der Waals surface area contributed by atoms with Crippen LogP contribution in [0, 0.1) is 11.8 Å². The number of amides is 1. The van der Waals surface area contributed by atoms with Crippen molar-refractivity contribution >= 4 is 18.3 Å². The lowest BCUT2D eigenvalue weighted by Gasteiger charge is -2.65. The Morgan fingerprint density at radius 1 is 1.05 bits per heavy atom. The van der Waals surface area contributed by atoms with E-state index in [-0.39, 0.29) is 33.2 Å². The molecule has 1 amide bonds. The molecule has 0 unspecified atom stereocenters. The van der Waals surface area contributed by atoms with Crippen LogP contribution in [-0.2, 0) is 4.79 Å². The van der Waals surface area contributed by atoms with Crippen LogP contribution in [0.1, 0.15) is 60.3 Å². The Morgan fingerprint density at radius 2 is 1.45 bits per heavy atom. The summed E-state index contributed by atoms with van der Waals surface area (Å²) in [5.74, 6) is 2.30. The third kappa shape index (κ3) is 2.71. The molecule has 0 aromatic rings. The minimum absolute atomic E-state index is 0. The normalized spacial score (nSPS) is 40.1. The van der Waals surface area contributed by atoms with Crippen molar-refractivity contribution in [1.82, 2.24) is 10.2 Å². The Morgan fingerprint density at radius 3 is 1.50 bits per heavy atom. The summed E-state index contributed by atoms with van der Waals surface area (Å²) in [7, 11) is 4.01. The first kappa shape index (κ1) is 19.7. The molecule has 4 bridgehead atoms. The molecule has 0 atom stereocenters. The Bertz CT molecular complexity index is 318. The van der Waals surface area contributed by atoms with Crippen LogP contribution in [0.4, 0.5) is 0 Å². The molecule has 6 fully saturated rings. The number of hydrogen-bond donors (Lipinski definition) is 1. The second-order valence-corrected chi connectivity index (χ2v) is 6.79. The molecule has 6 saturated carbocycles. The van der Waals surface area contributed by atoms with Crippen LogP contribution in [-0.4, -0.2) is 36.0 Å². The third-order valence-electron chi connectivity index (χ3n) is 5.76. The number of nitrogens with zero attached hydrogens (tertiary/aromatic N) is 1. The minimum Gasteiger partial charge on any atom is -0.340 e. The van der Waals surface area contributed by atoms with E-state index in [1.807, 2.05) is 11.9 Å². The maximum absolute atomic E-state index is 10.9. The van der Waals surface area contributed by atoms with E-state index >= 15 is 0 Å². The quantitative estimate of drug-likeness (QED) is 0.847. The Kier molecular flexibility index (Phi) is 6.14. The molecule has 120 valence electrons. The molecule has 20 heavy (non-hydrogen) atoms. The van der Waals surface area contributed by atoms with Gasteiger partial charge in [0.2, 0.25) is 5.91 Å². The molecular weight excluding hydrogens is 272 g/mol. The summed E-state index contributed by atoms with van der Waals surface area (Å²) < 4.78 is 0. The van der Waals surface area contributed by atoms with Crippen LogP contribution < -0.4 is 5.32 Å². The fraction of sp³-hybridized carbons (Fsp3) is 0.938. The van der Waals surface area contributed by atoms with Crippen molar-refractivity contribution in [1.29, 1.82) is 0 Å². The van der Waals surface area contributed by atoms with Gasteiger partial charge in [-0.25, -0.2) is 0 Å². The second kappa shape index (κ2) is 6.23. The lowest BCUT2D eigenvalue weighted by molar-refractivity contribution is -0.164. The van der Waals surface area contributed by atoms with Crippen molar-refractivity contribution in [3.05, 3.63) is 0 Å². The molecule has 0 aromatic carbocycles. The van der Waals surface area contributed by atoms with Crippen molar-refractivity contribution in [3.8, 4) is 0 Å². The first-order valence-corrected chi connectivity index (χ1v) is 6.92. The van der Waals surface area contributed by atoms with E-state index in [0.29, 0.717) is 11.1 Å². The Hall–Kier alpha value is -0.280. The van der Waals surface area contributed by atoms with Gasteiger partial charge in [-0.3, -0.25) is 4.79 Å². The summed E-state index contributed by atoms with van der Waals surface area (Å²) in [6, 6.07) is 0. The van der Waals surface area contributed by atoms with Crippen LogP contribution in [0.25, 0.3) is 0 Å². The van der Waals surface area contributed by atoms with Gasteiger partial charge < -0.3 is 10.2 Å². The fourth-order valence-corrected chi connectivity index (χ4v) is 3.96. The van der Waals surface area contributed by atoms with Gasteiger partial charge in [0.15, 0.2) is 0 Å². The van der Waals surface area contributed by atoms with Crippen LogP contribution in [0.3, 0.4) is 0 Å². The van der Waals surface area contributed by atoms with Crippen LogP contribution in [0.15, 0.2) is 0 Å². The first-order chi connectivity index (χ1) is 7.99. The van der Waals surface area contributed by atoms with Crippen molar-refractivity contribution in [3.63, 3.8) is 0 Å². The zero-order chi connectivity index (χ0) is 12.3. The van der Waals surface area contributed by atoms with Gasteiger partial charge >= 0.3 is 0 Å². The average molecular weight is 305 g/mol. The van der Waals surface area contributed by atoms with E-state index in [0.717, 1.165) is 11.8 Å². The number of carbonyl (C=O) groups excluding carboxylic acids is 1. The zero-order valence-corrected chi connectivity index (χ0v) is 12.5. The Labute approximate surface area is 131 Å². The lowest BCUT2D eigenvalue weighted by Crippen LogP contribution is -2.68. The van der Waals surface area contributed by atoms with Gasteiger partial charge in [0.1, 0.15) is 0 Å². The molecule has 6 rings (SSSR count). The smallest absolute Gasteiger partial charge is 0.219 e. The standard InChI is InChI=1S/C8H13NO.C6H11N.2CH4.ClH/c1-6(10)9(2)8-3-7(4-8)5-8;1-7-6-2-5(3-6)4-6;;;/h7H,3-5H2,1-2H3;5,7H,2-4H2,1H3;2*1H4;1H. The highest BCUT2D eigenvalue weighted by Gasteiger charge is 2.59. The average Bonchev–Trinajstić information content (AvgIpc) is 1.94. The van der Waals surface area contributed by atoms with E-state index in [1.165, 1.54) is 38.5 Å². The highest BCUT2D eigenvalue weighted by Crippen LogP contribution is 2.60. The van der Waals surface area contributed by atoms with E-state index in [9.17, 15) is 4.79 Å². The second-order valence-electron chi connectivity index (χ2n) is 6.79. The predicted octanol–water partition coefficient (Wildman–Crippen LogP) is 3.47. The van der Waals surface area contributed by atoms with Gasteiger partial charge in [-0.15, -0.1) is 12.4 Å². The van der Waals surface area contributed by atoms with E-state index < -0.39 is 0 Å². The van der Waals surface area contributed by atoms with Crippen LogP contribution in [0.2, 0.25) is 0 Å². The molecule has 1 N–H and O–H groups in total. The van der Waals surface area contributed by atoms with Crippen molar-refractivity contribution in [2.45, 2.75) is 71.4 Å². The van der Waals surface area contributed by atoms with Gasteiger partial charge in [-0.05, 0) is 57.4 Å².